The Kier molecular flexibility index (Phi) is 8.69. The van der Waals surface area contributed by atoms with E-state index in [-0.39, 0.29) is 0 Å². The van der Waals surface area contributed by atoms with Crippen molar-refractivity contribution in [1.29, 1.82) is 0 Å². The predicted octanol–water partition coefficient (Wildman–Crippen LogP) is 4.48. The van der Waals surface area contributed by atoms with E-state index in [1.54, 1.807) is 0 Å². The summed E-state index contributed by atoms with van der Waals surface area (Å²) in [5, 5.41) is 0. The van der Waals surface area contributed by atoms with E-state index in [2.05, 4.69) is 65.5 Å². The Labute approximate surface area is 144 Å². The van der Waals surface area contributed by atoms with Crippen LogP contribution in [0.4, 0.5) is 0 Å². The van der Waals surface area contributed by atoms with Gasteiger partial charge in [-0.1, -0.05) is 0 Å². The molecule has 0 bridgehead atoms. The first-order chi connectivity index (χ1) is 9.58. The van der Waals surface area contributed by atoms with Crippen LogP contribution >= 0.6 is 0 Å². The predicted molar refractivity (Wildman–Crippen MR) is 109 cm³/mol. The molecule has 134 valence electrons. The molecular formula is C13H38O4Si5. The van der Waals surface area contributed by atoms with Gasteiger partial charge in [0, 0.05) is 7.11 Å². The Bertz CT molecular complexity index is 340. The van der Waals surface area contributed by atoms with Crippen LogP contribution in [0.25, 0.3) is 0 Å². The normalized spacial score (nSPS) is 18.1. The van der Waals surface area contributed by atoms with E-state index in [4.69, 9.17) is 16.8 Å². The fourth-order valence-electron chi connectivity index (χ4n) is 2.28. The third-order valence-electron chi connectivity index (χ3n) is 3.19. The molecule has 0 aliphatic rings. The zero-order valence-electron chi connectivity index (χ0n) is 16.6. The fourth-order valence-corrected chi connectivity index (χ4v) is 20.8. The van der Waals surface area contributed by atoms with E-state index in [0.717, 1.165) is 12.1 Å². The average Bonchev–Trinajstić information content (AvgIpc) is 2.21. The van der Waals surface area contributed by atoms with Crippen LogP contribution in [0, 0.1) is 0 Å². The van der Waals surface area contributed by atoms with Crippen LogP contribution in [0.2, 0.25) is 77.6 Å². The van der Waals surface area contributed by atoms with Crippen molar-refractivity contribution in [3.8, 4) is 0 Å². The van der Waals surface area contributed by atoms with Crippen LogP contribution in [0.5, 0.6) is 0 Å². The summed E-state index contributed by atoms with van der Waals surface area (Å²) in [5.41, 5.74) is 0. The van der Waals surface area contributed by atoms with Gasteiger partial charge < -0.3 is 16.8 Å². The third kappa shape index (κ3) is 11.5. The summed E-state index contributed by atoms with van der Waals surface area (Å²) in [7, 11) is -6.78. The monoisotopic (exact) mass is 398 g/mol. The van der Waals surface area contributed by atoms with Crippen molar-refractivity contribution in [2.45, 2.75) is 77.6 Å². The summed E-state index contributed by atoms with van der Waals surface area (Å²) < 4.78 is 25.0. The van der Waals surface area contributed by atoms with Gasteiger partial charge >= 0.3 is 8.56 Å². The molecule has 0 aromatic carbocycles. The SMILES string of the molecule is CO[Si](C)(C)CC[Si](C)(O[SiH](C)O[Si](C)(C)C)O[Si](C)(C)C. The molecule has 0 aliphatic carbocycles. The molecule has 9 heteroatoms. The first kappa shape index (κ1) is 22.9. The van der Waals surface area contributed by atoms with Gasteiger partial charge in [0.05, 0.1) is 0 Å². The van der Waals surface area contributed by atoms with E-state index in [1.165, 1.54) is 0 Å². The highest BCUT2D eigenvalue weighted by Crippen LogP contribution is 2.27. The zero-order chi connectivity index (χ0) is 17.8. The topological polar surface area (TPSA) is 36.9 Å². The number of hydrogen-bond acceptors (Lipinski definition) is 4. The second-order valence-corrected chi connectivity index (χ2v) is 28.2. The molecule has 0 aromatic heterocycles. The first-order valence-corrected chi connectivity index (χ1v) is 22.7. The Morgan fingerprint density at radius 1 is 0.727 bits per heavy atom. The lowest BCUT2D eigenvalue weighted by atomic mass is 10.9. The molecule has 22 heavy (non-hydrogen) atoms. The van der Waals surface area contributed by atoms with Crippen molar-refractivity contribution in [2.75, 3.05) is 7.11 Å². The third-order valence-corrected chi connectivity index (χ3v) is 19.1. The molecule has 0 saturated carbocycles. The van der Waals surface area contributed by atoms with Gasteiger partial charge in [-0.15, -0.1) is 0 Å². The lowest BCUT2D eigenvalue weighted by Gasteiger charge is -2.38. The largest absolute Gasteiger partial charge is 0.439 e. The molecule has 0 radical (unpaired) electrons. The molecule has 4 nitrogen and oxygen atoms in total. The minimum Gasteiger partial charge on any atom is -0.439 e. The van der Waals surface area contributed by atoms with Crippen molar-refractivity contribution < 1.29 is 16.8 Å². The highest BCUT2D eigenvalue weighted by atomic mass is 28.5. The van der Waals surface area contributed by atoms with Gasteiger partial charge in [0.2, 0.25) is 0 Å². The highest BCUT2D eigenvalue weighted by molar-refractivity contribution is 6.86. The maximum atomic E-state index is 6.54. The van der Waals surface area contributed by atoms with E-state index >= 15 is 0 Å². The van der Waals surface area contributed by atoms with Crippen molar-refractivity contribution in [2.24, 2.45) is 0 Å². The minimum absolute atomic E-state index is 1.01. The maximum Gasteiger partial charge on any atom is 0.315 e. The van der Waals surface area contributed by atoms with Crippen molar-refractivity contribution in [3.63, 3.8) is 0 Å². The van der Waals surface area contributed by atoms with E-state index in [1.807, 2.05) is 7.11 Å². The summed E-state index contributed by atoms with van der Waals surface area (Å²) in [5.74, 6) is 0. The molecule has 0 saturated heterocycles. The second-order valence-electron chi connectivity index (χ2n) is 8.73. The summed E-state index contributed by atoms with van der Waals surface area (Å²) in [4.78, 5) is 0. The van der Waals surface area contributed by atoms with Crippen LogP contribution < -0.4 is 0 Å². The van der Waals surface area contributed by atoms with Crippen LogP contribution in [0.15, 0.2) is 0 Å². The molecule has 0 rings (SSSR count). The van der Waals surface area contributed by atoms with Gasteiger partial charge in [-0.3, -0.25) is 0 Å². The van der Waals surface area contributed by atoms with Crippen molar-refractivity contribution >= 4 is 42.8 Å². The molecule has 0 aliphatic heterocycles. The van der Waals surface area contributed by atoms with Crippen LogP contribution in [-0.4, -0.2) is 49.9 Å². The molecule has 0 spiro atoms. The Balaban J connectivity index is 4.94. The fraction of sp³-hybridized carbons (Fsp3) is 1.00. The Morgan fingerprint density at radius 3 is 1.59 bits per heavy atom. The van der Waals surface area contributed by atoms with Gasteiger partial charge in [0.15, 0.2) is 25.0 Å². The van der Waals surface area contributed by atoms with Crippen molar-refractivity contribution in [1.82, 2.24) is 0 Å². The van der Waals surface area contributed by atoms with Crippen molar-refractivity contribution in [3.05, 3.63) is 0 Å². The van der Waals surface area contributed by atoms with Gasteiger partial charge in [-0.05, 0) is 77.6 Å². The first-order valence-electron chi connectivity index (χ1n) is 8.18. The van der Waals surface area contributed by atoms with Gasteiger partial charge in [0.25, 0.3) is 9.28 Å². The maximum absolute atomic E-state index is 6.54. The molecule has 0 aromatic rings. The van der Waals surface area contributed by atoms with Crippen LogP contribution in [0.3, 0.4) is 0 Å². The molecule has 0 heterocycles. The van der Waals surface area contributed by atoms with Gasteiger partial charge in [-0.2, -0.15) is 0 Å². The summed E-state index contributed by atoms with van der Waals surface area (Å²) in [6, 6.07) is 2.10. The standard InChI is InChI=1S/C13H38O4Si5/c1-14-21(9,10)12-13-22(11,17-20(6,7)8)16-18(2)15-19(3,4)5/h18H,12-13H2,1-11H3. The zero-order valence-corrected chi connectivity index (χ0v) is 21.8. The smallest absolute Gasteiger partial charge is 0.315 e. The quantitative estimate of drug-likeness (QED) is 0.508. The molecule has 0 N–H and O–H groups in total. The van der Waals surface area contributed by atoms with Gasteiger partial charge in [-0.25, -0.2) is 0 Å². The lowest BCUT2D eigenvalue weighted by Crippen LogP contribution is -2.52. The number of rotatable bonds is 10. The summed E-state index contributed by atoms with van der Waals surface area (Å²) in [6.07, 6.45) is 0. The highest BCUT2D eigenvalue weighted by Gasteiger charge is 2.40. The summed E-state index contributed by atoms with van der Waals surface area (Å²) in [6.45, 7) is 22.3. The minimum atomic E-state index is -2.20. The molecule has 0 fully saturated rings. The molecule has 0 amide bonds. The summed E-state index contributed by atoms with van der Waals surface area (Å²) >= 11 is 0. The van der Waals surface area contributed by atoms with Gasteiger partial charge in [0.1, 0.15) is 0 Å². The lowest BCUT2D eigenvalue weighted by molar-refractivity contribution is 0.343. The second kappa shape index (κ2) is 8.34. The Morgan fingerprint density at radius 2 is 1.23 bits per heavy atom. The molecular weight excluding hydrogens is 361 g/mol. The van der Waals surface area contributed by atoms with Crippen LogP contribution in [-0.2, 0) is 16.8 Å². The van der Waals surface area contributed by atoms with E-state index in [9.17, 15) is 0 Å². The van der Waals surface area contributed by atoms with E-state index < -0.39 is 42.8 Å². The van der Waals surface area contributed by atoms with E-state index in [0.29, 0.717) is 0 Å². The average molecular weight is 399 g/mol. The Hall–Kier alpha value is 0.924. The molecule has 2 unspecified atom stereocenters. The molecule has 2 atom stereocenters. The number of hydrogen-bond donors (Lipinski definition) is 0. The van der Waals surface area contributed by atoms with Crippen LogP contribution in [0.1, 0.15) is 0 Å².